The molecule has 0 bridgehead atoms. The van der Waals surface area contributed by atoms with E-state index in [1.54, 1.807) is 0 Å². The summed E-state index contributed by atoms with van der Waals surface area (Å²) in [7, 11) is 0. The first-order valence-corrected chi connectivity index (χ1v) is 7.90. The van der Waals surface area contributed by atoms with Gasteiger partial charge in [-0.2, -0.15) is 0 Å². The van der Waals surface area contributed by atoms with Gasteiger partial charge in [0.15, 0.2) is 5.17 Å². The maximum Gasteiger partial charge on any atom is 0.157 e. The Hall–Kier alpha value is -0.220. The molecule has 0 aromatic rings. The molecule has 3 unspecified atom stereocenters. The number of aliphatic imine (C=N–C) groups is 1. The average molecular weight is 270 g/mol. The lowest BCUT2D eigenvalue weighted by atomic mass is 9.85. The van der Waals surface area contributed by atoms with Gasteiger partial charge in [0.25, 0.3) is 0 Å². The molecule has 1 saturated heterocycles. The van der Waals surface area contributed by atoms with Crippen molar-refractivity contribution < 1.29 is 4.74 Å². The molecule has 2 heterocycles. The van der Waals surface area contributed by atoms with Crippen LogP contribution in [0.15, 0.2) is 4.99 Å². The number of ether oxygens (including phenoxy) is 1. The molecule has 4 heteroatoms. The van der Waals surface area contributed by atoms with E-state index in [0.717, 1.165) is 18.2 Å². The van der Waals surface area contributed by atoms with E-state index in [-0.39, 0.29) is 17.1 Å². The standard InChI is InChI=1S/C14H26N2OS/c1-10-14(5,7-8-17-10)16-12-15-11(6-9-18-12)13(2,3)4/h10-11H,6-9H2,1-5H3,(H,15,16). The van der Waals surface area contributed by atoms with Gasteiger partial charge >= 0.3 is 0 Å². The van der Waals surface area contributed by atoms with Crippen molar-refractivity contribution in [3.8, 4) is 0 Å². The zero-order valence-electron chi connectivity index (χ0n) is 12.2. The van der Waals surface area contributed by atoms with Gasteiger partial charge in [-0.3, -0.25) is 4.99 Å². The van der Waals surface area contributed by atoms with Crippen LogP contribution in [0, 0.1) is 5.41 Å². The molecule has 2 aliphatic rings. The van der Waals surface area contributed by atoms with Crippen molar-refractivity contribution >= 4 is 16.9 Å². The van der Waals surface area contributed by atoms with E-state index in [0.29, 0.717) is 6.04 Å². The van der Waals surface area contributed by atoms with Crippen LogP contribution in [-0.4, -0.2) is 35.2 Å². The van der Waals surface area contributed by atoms with Crippen molar-refractivity contribution in [2.45, 2.75) is 65.1 Å². The molecule has 1 N–H and O–H groups in total. The lowest BCUT2D eigenvalue weighted by Crippen LogP contribution is -2.51. The number of rotatable bonds is 1. The van der Waals surface area contributed by atoms with Gasteiger partial charge in [0.2, 0.25) is 0 Å². The second-order valence-electron chi connectivity index (χ2n) is 6.76. The van der Waals surface area contributed by atoms with E-state index in [2.05, 4.69) is 39.9 Å². The van der Waals surface area contributed by atoms with Gasteiger partial charge in [0.05, 0.1) is 17.7 Å². The van der Waals surface area contributed by atoms with Gasteiger partial charge in [0, 0.05) is 12.4 Å². The van der Waals surface area contributed by atoms with Crippen LogP contribution in [0.25, 0.3) is 0 Å². The van der Waals surface area contributed by atoms with Crippen LogP contribution in [0.4, 0.5) is 0 Å². The second-order valence-corrected chi connectivity index (χ2v) is 7.84. The number of thioether (sulfide) groups is 1. The fraction of sp³-hybridized carbons (Fsp3) is 0.929. The third-order valence-corrected chi connectivity index (χ3v) is 5.10. The highest BCUT2D eigenvalue weighted by Gasteiger charge is 2.38. The summed E-state index contributed by atoms with van der Waals surface area (Å²) < 4.78 is 5.68. The number of nitrogens with one attached hydrogen (secondary N) is 1. The molecule has 0 aliphatic carbocycles. The molecule has 2 rings (SSSR count). The topological polar surface area (TPSA) is 33.6 Å². The molecular weight excluding hydrogens is 244 g/mol. The Morgan fingerprint density at radius 2 is 2.17 bits per heavy atom. The van der Waals surface area contributed by atoms with Gasteiger partial charge in [-0.1, -0.05) is 32.5 Å². The highest BCUT2D eigenvalue weighted by Crippen LogP contribution is 2.32. The molecule has 0 aromatic carbocycles. The molecule has 0 aromatic heterocycles. The summed E-state index contributed by atoms with van der Waals surface area (Å²) in [6.07, 6.45) is 2.51. The van der Waals surface area contributed by atoms with Gasteiger partial charge in [-0.15, -0.1) is 0 Å². The first-order valence-electron chi connectivity index (χ1n) is 6.92. The predicted molar refractivity (Wildman–Crippen MR) is 79.3 cm³/mol. The molecular formula is C14H26N2OS. The largest absolute Gasteiger partial charge is 0.376 e. The van der Waals surface area contributed by atoms with Crippen molar-refractivity contribution in [3.63, 3.8) is 0 Å². The predicted octanol–water partition coefficient (Wildman–Crippen LogP) is 3.05. The second kappa shape index (κ2) is 5.04. The number of nitrogens with zero attached hydrogens (tertiary/aromatic N) is 1. The minimum atomic E-state index is 0.0472. The van der Waals surface area contributed by atoms with E-state index in [1.165, 1.54) is 12.2 Å². The lowest BCUT2D eigenvalue weighted by molar-refractivity contribution is 0.0949. The molecule has 0 spiro atoms. The van der Waals surface area contributed by atoms with Crippen LogP contribution in [0.3, 0.4) is 0 Å². The van der Waals surface area contributed by atoms with Gasteiger partial charge in [-0.25, -0.2) is 0 Å². The maximum atomic E-state index is 5.68. The smallest absolute Gasteiger partial charge is 0.157 e. The molecule has 0 saturated carbocycles. The molecule has 3 nitrogen and oxygen atoms in total. The molecule has 3 atom stereocenters. The zero-order valence-corrected chi connectivity index (χ0v) is 13.1. The molecule has 1 fully saturated rings. The van der Waals surface area contributed by atoms with Gasteiger partial charge in [0.1, 0.15) is 0 Å². The maximum absolute atomic E-state index is 5.68. The number of amidine groups is 1. The number of hydrogen-bond donors (Lipinski definition) is 1. The minimum absolute atomic E-state index is 0.0472. The van der Waals surface area contributed by atoms with E-state index < -0.39 is 0 Å². The summed E-state index contributed by atoms with van der Waals surface area (Å²) in [5.41, 5.74) is 0.304. The minimum Gasteiger partial charge on any atom is -0.376 e. The summed E-state index contributed by atoms with van der Waals surface area (Å²) in [4.78, 5) is 4.91. The Bertz CT molecular complexity index is 337. The fourth-order valence-corrected chi connectivity index (χ4v) is 3.49. The molecule has 0 amide bonds. The summed E-state index contributed by atoms with van der Waals surface area (Å²) >= 11 is 1.85. The van der Waals surface area contributed by atoms with Gasteiger partial charge in [-0.05, 0) is 32.1 Å². The fourth-order valence-electron chi connectivity index (χ4n) is 2.45. The highest BCUT2D eigenvalue weighted by molar-refractivity contribution is 8.13. The summed E-state index contributed by atoms with van der Waals surface area (Å²) in [6, 6.07) is 0.433. The Kier molecular flexibility index (Phi) is 3.98. The van der Waals surface area contributed by atoms with Crippen molar-refractivity contribution in [1.82, 2.24) is 5.32 Å². The van der Waals surface area contributed by atoms with Crippen LogP contribution >= 0.6 is 11.8 Å². The van der Waals surface area contributed by atoms with E-state index in [4.69, 9.17) is 9.73 Å². The van der Waals surface area contributed by atoms with Crippen LogP contribution in [0.1, 0.15) is 47.5 Å². The summed E-state index contributed by atoms with van der Waals surface area (Å²) in [5, 5.41) is 4.75. The van der Waals surface area contributed by atoms with Crippen molar-refractivity contribution in [3.05, 3.63) is 0 Å². The third kappa shape index (κ3) is 3.02. The Morgan fingerprint density at radius 3 is 2.72 bits per heavy atom. The van der Waals surface area contributed by atoms with Crippen molar-refractivity contribution in [1.29, 1.82) is 0 Å². The van der Waals surface area contributed by atoms with Crippen LogP contribution < -0.4 is 5.32 Å². The van der Waals surface area contributed by atoms with E-state index in [9.17, 15) is 0 Å². The average Bonchev–Trinajstić information content (AvgIpc) is 2.58. The quantitative estimate of drug-likeness (QED) is 0.795. The molecule has 0 radical (unpaired) electrons. The molecule has 104 valence electrons. The van der Waals surface area contributed by atoms with Crippen LogP contribution in [0.5, 0.6) is 0 Å². The third-order valence-electron chi connectivity index (χ3n) is 4.18. The SMILES string of the molecule is CC1OCCC1(C)NC1=NC(C(C)(C)C)CCS1. The first kappa shape index (κ1) is 14.2. The molecule has 2 aliphatic heterocycles. The van der Waals surface area contributed by atoms with Crippen LogP contribution in [-0.2, 0) is 4.74 Å². The van der Waals surface area contributed by atoms with Crippen molar-refractivity contribution in [2.75, 3.05) is 12.4 Å². The zero-order chi connectivity index (χ0) is 13.4. The number of hydrogen-bond acceptors (Lipinski definition) is 4. The summed E-state index contributed by atoms with van der Waals surface area (Å²) in [6.45, 7) is 12.1. The normalized spacial score (nSPS) is 37.5. The van der Waals surface area contributed by atoms with E-state index in [1.807, 2.05) is 11.8 Å². The van der Waals surface area contributed by atoms with Crippen molar-refractivity contribution in [2.24, 2.45) is 10.4 Å². The van der Waals surface area contributed by atoms with Crippen LogP contribution in [0.2, 0.25) is 0 Å². The Balaban J connectivity index is 2.07. The van der Waals surface area contributed by atoms with E-state index >= 15 is 0 Å². The Morgan fingerprint density at radius 1 is 1.44 bits per heavy atom. The summed E-state index contributed by atoms with van der Waals surface area (Å²) in [5.74, 6) is 1.17. The molecule has 18 heavy (non-hydrogen) atoms. The Labute approximate surface area is 115 Å². The highest BCUT2D eigenvalue weighted by atomic mass is 32.2. The lowest BCUT2D eigenvalue weighted by Gasteiger charge is -2.35. The van der Waals surface area contributed by atoms with Gasteiger partial charge < -0.3 is 10.1 Å². The monoisotopic (exact) mass is 270 g/mol. The first-order chi connectivity index (χ1) is 8.31.